The Labute approximate surface area is 195 Å². The van der Waals surface area contributed by atoms with Gasteiger partial charge in [0.25, 0.3) is 5.91 Å². The predicted octanol–water partition coefficient (Wildman–Crippen LogP) is 3.79. The Bertz CT molecular complexity index is 1000. The van der Waals surface area contributed by atoms with Gasteiger partial charge in [0.15, 0.2) is 0 Å². The third-order valence-electron chi connectivity index (χ3n) is 7.80. The van der Waals surface area contributed by atoms with Gasteiger partial charge in [0, 0.05) is 55.8 Å². The van der Waals surface area contributed by atoms with Crippen LogP contribution in [0.2, 0.25) is 0 Å². The molecule has 2 aliphatic heterocycles. The molecule has 2 saturated heterocycles. The standard InChI is InChI=1S/C27H31FN4O/c28-23-8-6-22(7-9-23)26(33)31-14-11-27(10-13-29,12-15-31)32-18-20(19-32)17-30-25-16-24(25)21-4-2-1-3-5-21/h1-9,20,24-25,30H,10-12,14-19H2/t24-,25+/m0/s1. The van der Waals surface area contributed by atoms with Gasteiger partial charge in [0.1, 0.15) is 5.82 Å². The third kappa shape index (κ3) is 4.66. The smallest absolute Gasteiger partial charge is 0.253 e. The molecule has 2 heterocycles. The van der Waals surface area contributed by atoms with E-state index in [4.69, 9.17) is 0 Å². The van der Waals surface area contributed by atoms with E-state index in [-0.39, 0.29) is 17.3 Å². The summed E-state index contributed by atoms with van der Waals surface area (Å²) in [7, 11) is 0. The average Bonchev–Trinajstić information content (AvgIpc) is 3.59. The number of carbonyl (C=O) groups excluding carboxylic acids is 1. The van der Waals surface area contributed by atoms with Crippen molar-refractivity contribution < 1.29 is 9.18 Å². The fourth-order valence-electron chi connectivity index (χ4n) is 5.55. The van der Waals surface area contributed by atoms with Crippen molar-refractivity contribution in [1.29, 1.82) is 5.26 Å². The van der Waals surface area contributed by atoms with Crippen LogP contribution in [0.4, 0.5) is 4.39 Å². The second-order valence-corrected chi connectivity index (χ2v) is 9.90. The van der Waals surface area contributed by atoms with Crippen LogP contribution in [0.25, 0.3) is 0 Å². The lowest BCUT2D eigenvalue weighted by atomic mass is 9.79. The number of benzene rings is 2. The number of nitrogens with one attached hydrogen (secondary N) is 1. The maximum Gasteiger partial charge on any atom is 0.253 e. The number of rotatable bonds is 7. The van der Waals surface area contributed by atoms with Gasteiger partial charge in [-0.3, -0.25) is 9.69 Å². The number of piperidine rings is 1. The number of nitriles is 1. The van der Waals surface area contributed by atoms with Gasteiger partial charge < -0.3 is 10.2 Å². The summed E-state index contributed by atoms with van der Waals surface area (Å²) in [5, 5.41) is 13.3. The number of hydrogen-bond donors (Lipinski definition) is 1. The van der Waals surface area contributed by atoms with E-state index in [1.165, 1.54) is 24.1 Å². The van der Waals surface area contributed by atoms with Gasteiger partial charge >= 0.3 is 0 Å². The zero-order chi connectivity index (χ0) is 22.8. The van der Waals surface area contributed by atoms with Gasteiger partial charge in [0.2, 0.25) is 0 Å². The predicted molar refractivity (Wildman–Crippen MR) is 125 cm³/mol. The van der Waals surface area contributed by atoms with E-state index in [1.54, 1.807) is 12.1 Å². The van der Waals surface area contributed by atoms with E-state index in [0.717, 1.165) is 32.5 Å². The Hall–Kier alpha value is -2.75. The molecule has 3 aliphatic rings. The molecule has 6 heteroatoms. The molecule has 3 fully saturated rings. The second kappa shape index (κ2) is 9.24. The van der Waals surface area contributed by atoms with Gasteiger partial charge in [-0.05, 0) is 55.0 Å². The highest BCUT2D eigenvalue weighted by molar-refractivity contribution is 5.94. The van der Waals surface area contributed by atoms with E-state index in [9.17, 15) is 14.4 Å². The molecular formula is C27H31FN4O. The van der Waals surface area contributed by atoms with Crippen molar-refractivity contribution in [2.24, 2.45) is 5.92 Å². The molecule has 2 aromatic carbocycles. The van der Waals surface area contributed by atoms with Crippen molar-refractivity contribution in [3.05, 3.63) is 71.5 Å². The summed E-state index contributed by atoms with van der Waals surface area (Å²) in [6.45, 7) is 4.34. The average molecular weight is 447 g/mol. The lowest BCUT2D eigenvalue weighted by Gasteiger charge is -2.54. The number of hydrogen-bond acceptors (Lipinski definition) is 4. The number of carbonyl (C=O) groups is 1. The summed E-state index contributed by atoms with van der Waals surface area (Å²) in [6.07, 6.45) is 3.35. The monoisotopic (exact) mass is 446 g/mol. The van der Waals surface area contributed by atoms with E-state index < -0.39 is 0 Å². The lowest BCUT2D eigenvalue weighted by molar-refractivity contribution is -0.0449. The molecule has 2 aromatic rings. The van der Waals surface area contributed by atoms with Crippen LogP contribution in [0.5, 0.6) is 0 Å². The zero-order valence-electron chi connectivity index (χ0n) is 18.9. The Kier molecular flexibility index (Phi) is 6.18. The topological polar surface area (TPSA) is 59.4 Å². The molecule has 1 amide bonds. The first-order valence-corrected chi connectivity index (χ1v) is 12.0. The summed E-state index contributed by atoms with van der Waals surface area (Å²) in [6, 6.07) is 19.5. The molecular weight excluding hydrogens is 415 g/mol. The van der Waals surface area contributed by atoms with Crippen LogP contribution >= 0.6 is 0 Å². The summed E-state index contributed by atoms with van der Waals surface area (Å²) < 4.78 is 13.2. The normalized spacial score (nSPS) is 24.7. The van der Waals surface area contributed by atoms with E-state index in [0.29, 0.717) is 43.0 Å². The Balaban J connectivity index is 1.10. The highest BCUT2D eigenvalue weighted by Gasteiger charge is 2.46. The molecule has 0 aromatic heterocycles. The fraction of sp³-hybridized carbons (Fsp3) is 0.481. The van der Waals surface area contributed by atoms with E-state index in [2.05, 4.69) is 46.6 Å². The Morgan fingerprint density at radius 1 is 1.09 bits per heavy atom. The van der Waals surface area contributed by atoms with E-state index in [1.807, 2.05) is 4.90 Å². The maximum absolute atomic E-state index is 13.2. The Morgan fingerprint density at radius 2 is 1.79 bits per heavy atom. The van der Waals surface area contributed by atoms with Crippen LogP contribution in [0.15, 0.2) is 54.6 Å². The lowest BCUT2D eigenvalue weighted by Crippen LogP contribution is -2.64. The highest BCUT2D eigenvalue weighted by atomic mass is 19.1. The van der Waals surface area contributed by atoms with Crippen LogP contribution in [-0.4, -0.2) is 60.0 Å². The third-order valence-corrected chi connectivity index (χ3v) is 7.80. The van der Waals surface area contributed by atoms with Crippen molar-refractivity contribution in [3.8, 4) is 6.07 Å². The SMILES string of the molecule is N#CCC1(N2CC(CN[C@@H]3C[C@H]3c3ccccc3)C2)CCN(C(=O)c2ccc(F)cc2)CC1. The molecule has 5 nitrogen and oxygen atoms in total. The number of nitrogens with zero attached hydrogens (tertiary/aromatic N) is 3. The number of halogens is 1. The molecule has 1 saturated carbocycles. The molecule has 1 aliphatic carbocycles. The van der Waals surface area contributed by atoms with Crippen molar-refractivity contribution in [2.75, 3.05) is 32.7 Å². The minimum Gasteiger partial charge on any atom is -0.339 e. The van der Waals surface area contributed by atoms with Crippen LogP contribution in [0.3, 0.4) is 0 Å². The fourth-order valence-corrected chi connectivity index (χ4v) is 5.55. The van der Waals surface area contributed by atoms with Gasteiger partial charge in [-0.2, -0.15) is 5.26 Å². The maximum atomic E-state index is 13.2. The van der Waals surface area contributed by atoms with Gasteiger partial charge in [-0.1, -0.05) is 30.3 Å². The second-order valence-electron chi connectivity index (χ2n) is 9.90. The van der Waals surface area contributed by atoms with E-state index >= 15 is 0 Å². The molecule has 5 rings (SSSR count). The molecule has 33 heavy (non-hydrogen) atoms. The van der Waals surface area contributed by atoms with Crippen LogP contribution < -0.4 is 5.32 Å². The summed E-state index contributed by atoms with van der Waals surface area (Å²) in [4.78, 5) is 17.1. The quantitative estimate of drug-likeness (QED) is 0.703. The first kappa shape index (κ1) is 22.1. The van der Waals surface area contributed by atoms with Crippen LogP contribution in [0.1, 0.15) is 47.5 Å². The first-order valence-electron chi connectivity index (χ1n) is 12.0. The van der Waals surface area contributed by atoms with Gasteiger partial charge in [-0.15, -0.1) is 0 Å². The highest BCUT2D eigenvalue weighted by Crippen LogP contribution is 2.41. The van der Waals surface area contributed by atoms with Crippen molar-refractivity contribution in [1.82, 2.24) is 15.1 Å². The van der Waals surface area contributed by atoms with Crippen molar-refractivity contribution >= 4 is 5.91 Å². The van der Waals surface area contributed by atoms with Crippen LogP contribution in [-0.2, 0) is 0 Å². The summed E-state index contributed by atoms with van der Waals surface area (Å²) >= 11 is 0. The largest absolute Gasteiger partial charge is 0.339 e. The molecule has 2 atom stereocenters. The number of likely N-dealkylation sites (tertiary alicyclic amines) is 2. The Morgan fingerprint density at radius 3 is 2.45 bits per heavy atom. The summed E-state index contributed by atoms with van der Waals surface area (Å²) in [5.74, 6) is 0.882. The molecule has 0 radical (unpaired) electrons. The number of amides is 1. The molecule has 0 unspecified atom stereocenters. The van der Waals surface area contributed by atoms with Crippen molar-refractivity contribution in [2.45, 2.75) is 43.2 Å². The van der Waals surface area contributed by atoms with Gasteiger partial charge in [0.05, 0.1) is 12.5 Å². The molecule has 0 spiro atoms. The summed E-state index contributed by atoms with van der Waals surface area (Å²) in [5.41, 5.74) is 1.82. The zero-order valence-corrected chi connectivity index (χ0v) is 18.9. The molecule has 172 valence electrons. The van der Waals surface area contributed by atoms with Gasteiger partial charge in [-0.25, -0.2) is 4.39 Å². The minimum atomic E-state index is -0.336. The first-order chi connectivity index (χ1) is 16.1. The van der Waals surface area contributed by atoms with Crippen molar-refractivity contribution in [3.63, 3.8) is 0 Å². The minimum absolute atomic E-state index is 0.0522. The molecule has 0 bridgehead atoms. The van der Waals surface area contributed by atoms with Crippen LogP contribution in [0, 0.1) is 23.1 Å². The molecule has 1 N–H and O–H groups in total.